The number of aromatic nitrogens is 3. The lowest BCUT2D eigenvalue weighted by Gasteiger charge is -2.12. The first-order valence-corrected chi connectivity index (χ1v) is 6.54. The molecule has 24 heavy (non-hydrogen) atoms. The van der Waals surface area contributed by atoms with Gasteiger partial charge in [0.25, 0.3) is 0 Å². The Balaban J connectivity index is 2.30. The van der Waals surface area contributed by atoms with Crippen molar-refractivity contribution in [3.05, 3.63) is 50.5 Å². The van der Waals surface area contributed by atoms with Gasteiger partial charge in [0.05, 0.1) is 5.52 Å². The van der Waals surface area contributed by atoms with E-state index >= 15 is 0 Å². The van der Waals surface area contributed by atoms with Gasteiger partial charge in [-0.15, -0.1) is 0 Å². The predicted molar refractivity (Wildman–Crippen MR) is 74.9 cm³/mol. The second-order valence-corrected chi connectivity index (χ2v) is 5.09. The minimum atomic E-state index is -4.77. The molecule has 3 rings (SSSR count). The zero-order chi connectivity index (χ0) is 17.8. The lowest BCUT2D eigenvalue weighted by molar-refractivity contribution is -0.144. The van der Waals surface area contributed by atoms with Crippen LogP contribution in [0.1, 0.15) is 5.69 Å². The Kier molecular flexibility index (Phi) is 3.36. The Morgan fingerprint density at radius 1 is 1.12 bits per heavy atom. The normalized spacial score (nSPS) is 12.1. The third-order valence-electron chi connectivity index (χ3n) is 3.53. The molecule has 0 aliphatic carbocycles. The van der Waals surface area contributed by atoms with Gasteiger partial charge < -0.3 is 4.42 Å². The highest BCUT2D eigenvalue weighted by Gasteiger charge is 2.34. The van der Waals surface area contributed by atoms with E-state index in [0.717, 1.165) is 23.7 Å². The lowest BCUT2D eigenvalue weighted by atomic mass is 10.1. The molecule has 0 saturated heterocycles. The Hall–Kier alpha value is -2.91. The van der Waals surface area contributed by atoms with E-state index in [1.807, 2.05) is 0 Å². The van der Waals surface area contributed by atoms with Crippen molar-refractivity contribution in [2.75, 3.05) is 0 Å². The largest absolute Gasteiger partial charge is 0.433 e. The first-order chi connectivity index (χ1) is 11.1. The van der Waals surface area contributed by atoms with Crippen LogP contribution in [0.15, 0.2) is 32.2 Å². The molecule has 2 aromatic heterocycles. The van der Waals surface area contributed by atoms with Crippen LogP contribution in [0.4, 0.5) is 17.6 Å². The molecule has 0 N–H and O–H groups in total. The Labute approximate surface area is 130 Å². The van der Waals surface area contributed by atoms with Crippen LogP contribution < -0.4 is 11.2 Å². The molecule has 126 valence electrons. The number of oxazole rings is 1. The highest BCUT2D eigenvalue weighted by atomic mass is 19.4. The van der Waals surface area contributed by atoms with E-state index in [0.29, 0.717) is 10.7 Å². The maximum absolute atomic E-state index is 14.2. The molecular weight excluding hydrogens is 334 g/mol. The summed E-state index contributed by atoms with van der Waals surface area (Å²) >= 11 is 0. The molecule has 10 heteroatoms. The van der Waals surface area contributed by atoms with Gasteiger partial charge in [-0.25, -0.2) is 9.18 Å². The number of hydrogen-bond acceptors (Lipinski definition) is 4. The second kappa shape index (κ2) is 5.05. The number of aryl methyl sites for hydroxylation is 2. The number of rotatable bonds is 1. The van der Waals surface area contributed by atoms with Crippen LogP contribution in [-0.2, 0) is 20.3 Å². The summed E-state index contributed by atoms with van der Waals surface area (Å²) in [6.07, 6.45) is -4.77. The fourth-order valence-electron chi connectivity index (χ4n) is 2.32. The van der Waals surface area contributed by atoms with Crippen molar-refractivity contribution in [3.63, 3.8) is 0 Å². The third-order valence-corrected chi connectivity index (χ3v) is 3.53. The number of nitrogens with zero attached hydrogens (tertiary/aromatic N) is 3. The maximum atomic E-state index is 14.2. The molecule has 0 atom stereocenters. The zero-order valence-corrected chi connectivity index (χ0v) is 12.3. The van der Waals surface area contributed by atoms with Gasteiger partial charge in [-0.3, -0.25) is 14.0 Å². The minimum absolute atomic E-state index is 0.0486. The van der Waals surface area contributed by atoms with Gasteiger partial charge in [-0.2, -0.15) is 18.3 Å². The van der Waals surface area contributed by atoms with Gasteiger partial charge in [0.15, 0.2) is 5.58 Å². The second-order valence-electron chi connectivity index (χ2n) is 5.09. The monoisotopic (exact) mass is 343 g/mol. The Bertz CT molecular complexity index is 1080. The summed E-state index contributed by atoms with van der Waals surface area (Å²) in [5.74, 6) is -1.68. The summed E-state index contributed by atoms with van der Waals surface area (Å²) in [6.45, 7) is 0. The highest BCUT2D eigenvalue weighted by molar-refractivity contribution is 5.80. The van der Waals surface area contributed by atoms with E-state index in [4.69, 9.17) is 4.42 Å². The fourth-order valence-corrected chi connectivity index (χ4v) is 2.32. The van der Waals surface area contributed by atoms with Gasteiger partial charge in [-0.1, -0.05) is 0 Å². The average molecular weight is 343 g/mol. The van der Waals surface area contributed by atoms with Gasteiger partial charge in [-0.05, 0) is 6.07 Å². The number of fused-ring (bicyclic) bond motifs is 1. The summed E-state index contributed by atoms with van der Waals surface area (Å²) in [5.41, 5.74) is -3.04. The number of benzene rings is 1. The van der Waals surface area contributed by atoms with Crippen molar-refractivity contribution in [2.45, 2.75) is 6.18 Å². The minimum Gasteiger partial charge on any atom is -0.408 e. The van der Waals surface area contributed by atoms with Crippen LogP contribution in [-0.4, -0.2) is 14.3 Å². The number of alkyl halides is 3. The Morgan fingerprint density at radius 3 is 2.42 bits per heavy atom. The molecule has 1 aromatic carbocycles. The van der Waals surface area contributed by atoms with E-state index in [9.17, 15) is 27.2 Å². The van der Waals surface area contributed by atoms with Gasteiger partial charge >= 0.3 is 11.9 Å². The van der Waals surface area contributed by atoms with Gasteiger partial charge in [0.2, 0.25) is 5.43 Å². The quantitative estimate of drug-likeness (QED) is 0.634. The van der Waals surface area contributed by atoms with Crippen LogP contribution in [0, 0.1) is 5.82 Å². The van der Waals surface area contributed by atoms with Crippen molar-refractivity contribution >= 4 is 11.1 Å². The summed E-state index contributed by atoms with van der Waals surface area (Å²) < 4.78 is 58.9. The fraction of sp³-hybridized carbons (Fsp3) is 0.214. The first-order valence-electron chi connectivity index (χ1n) is 6.54. The molecule has 0 fully saturated rings. The van der Waals surface area contributed by atoms with E-state index in [-0.39, 0.29) is 16.7 Å². The van der Waals surface area contributed by atoms with E-state index in [2.05, 4.69) is 5.10 Å². The third kappa shape index (κ3) is 2.39. The topological polar surface area (TPSA) is 70.0 Å². The highest BCUT2D eigenvalue weighted by Crippen LogP contribution is 2.29. The standard InChI is InChI=1S/C14H9F4N3O3/c1-20-8-3-6(7(15)4-10(8)24-13(20)23)12-9(22)5-11(14(16,17)18)21(2)19-12/h3-5H,1-2H3. The van der Waals surface area contributed by atoms with Crippen LogP contribution in [0.5, 0.6) is 0 Å². The lowest BCUT2D eigenvalue weighted by Crippen LogP contribution is -2.22. The summed E-state index contributed by atoms with van der Waals surface area (Å²) in [4.78, 5) is 23.4. The van der Waals surface area contributed by atoms with Gasteiger partial charge in [0.1, 0.15) is 17.2 Å². The number of halogens is 4. The zero-order valence-electron chi connectivity index (χ0n) is 12.3. The molecule has 0 radical (unpaired) electrons. The molecule has 6 nitrogen and oxygen atoms in total. The smallest absolute Gasteiger partial charge is 0.408 e. The van der Waals surface area contributed by atoms with E-state index < -0.39 is 34.6 Å². The molecule has 0 saturated carbocycles. The van der Waals surface area contributed by atoms with Crippen LogP contribution in [0.3, 0.4) is 0 Å². The molecular formula is C14H9F4N3O3. The molecule has 0 spiro atoms. The first kappa shape index (κ1) is 16.0. The summed E-state index contributed by atoms with van der Waals surface area (Å²) in [7, 11) is 2.37. The van der Waals surface area contributed by atoms with Crippen LogP contribution in [0.2, 0.25) is 0 Å². The van der Waals surface area contributed by atoms with Crippen molar-refractivity contribution in [1.29, 1.82) is 0 Å². The molecule has 0 amide bonds. The van der Waals surface area contributed by atoms with Gasteiger partial charge in [0, 0.05) is 31.8 Å². The molecule has 3 aromatic rings. The van der Waals surface area contributed by atoms with Crippen molar-refractivity contribution in [3.8, 4) is 11.3 Å². The molecule has 0 bridgehead atoms. The maximum Gasteiger partial charge on any atom is 0.433 e. The van der Waals surface area contributed by atoms with Crippen molar-refractivity contribution in [1.82, 2.24) is 14.3 Å². The molecule has 0 aliphatic heterocycles. The molecule has 0 aliphatic rings. The average Bonchev–Trinajstić information content (AvgIpc) is 2.74. The van der Waals surface area contributed by atoms with Crippen LogP contribution >= 0.6 is 0 Å². The molecule has 2 heterocycles. The predicted octanol–water partition coefficient (Wildman–Crippen LogP) is 2.05. The van der Waals surface area contributed by atoms with Crippen LogP contribution in [0.25, 0.3) is 22.4 Å². The van der Waals surface area contributed by atoms with E-state index in [1.54, 1.807) is 0 Å². The summed E-state index contributed by atoms with van der Waals surface area (Å²) in [5, 5.41) is 3.54. The molecule has 0 unspecified atom stereocenters. The Morgan fingerprint density at radius 2 is 1.79 bits per heavy atom. The van der Waals surface area contributed by atoms with Crippen molar-refractivity contribution in [2.24, 2.45) is 14.1 Å². The number of hydrogen-bond donors (Lipinski definition) is 0. The summed E-state index contributed by atoms with van der Waals surface area (Å²) in [6, 6.07) is 2.36. The SMILES string of the molecule is Cn1nc(-c2cc3c(cc2F)oc(=O)n3C)c(=O)cc1C(F)(F)F. The van der Waals surface area contributed by atoms with Crippen molar-refractivity contribution < 1.29 is 22.0 Å². The van der Waals surface area contributed by atoms with E-state index in [1.165, 1.54) is 7.05 Å².